The standard InChI is InChI=1S/C15H23ClN2O3/c1-3-20-10-8-18(9-11-21-4-2)15(19)12-6-5-7-13(17)14(12)16/h5-7H,3-4,8-11,17H2,1-2H3. The molecule has 0 saturated carbocycles. The van der Waals surface area contributed by atoms with Crippen LogP contribution in [-0.2, 0) is 9.47 Å². The number of nitrogens with zero attached hydrogens (tertiary/aromatic N) is 1. The first-order valence-electron chi connectivity index (χ1n) is 7.10. The lowest BCUT2D eigenvalue weighted by Gasteiger charge is -2.23. The highest BCUT2D eigenvalue weighted by molar-refractivity contribution is 6.36. The van der Waals surface area contributed by atoms with Gasteiger partial charge in [0, 0.05) is 26.3 Å². The first kappa shape index (κ1) is 17.8. The molecule has 5 nitrogen and oxygen atoms in total. The van der Waals surface area contributed by atoms with Crippen molar-refractivity contribution >= 4 is 23.2 Å². The molecule has 1 aromatic carbocycles. The van der Waals surface area contributed by atoms with Crippen LogP contribution in [0.5, 0.6) is 0 Å². The van der Waals surface area contributed by atoms with Gasteiger partial charge in [0.2, 0.25) is 0 Å². The second-order valence-electron chi connectivity index (χ2n) is 4.39. The van der Waals surface area contributed by atoms with Crippen molar-refractivity contribution in [3.8, 4) is 0 Å². The molecule has 0 heterocycles. The number of halogens is 1. The molecule has 21 heavy (non-hydrogen) atoms. The third-order valence-corrected chi connectivity index (χ3v) is 3.39. The summed E-state index contributed by atoms with van der Waals surface area (Å²) >= 11 is 6.12. The van der Waals surface area contributed by atoms with E-state index in [1.165, 1.54) is 0 Å². The maximum atomic E-state index is 12.6. The second kappa shape index (κ2) is 9.60. The van der Waals surface area contributed by atoms with E-state index in [2.05, 4.69) is 0 Å². The molecule has 0 unspecified atom stereocenters. The number of carbonyl (C=O) groups is 1. The maximum absolute atomic E-state index is 12.6. The molecule has 0 bridgehead atoms. The average molecular weight is 315 g/mol. The number of hydrogen-bond acceptors (Lipinski definition) is 4. The third-order valence-electron chi connectivity index (χ3n) is 2.97. The summed E-state index contributed by atoms with van der Waals surface area (Å²) in [6, 6.07) is 5.07. The summed E-state index contributed by atoms with van der Waals surface area (Å²) in [5.74, 6) is -0.160. The van der Waals surface area contributed by atoms with Crippen LogP contribution in [-0.4, -0.2) is 50.3 Å². The van der Waals surface area contributed by atoms with Gasteiger partial charge in [-0.25, -0.2) is 0 Å². The fraction of sp³-hybridized carbons (Fsp3) is 0.533. The predicted molar refractivity (Wildman–Crippen MR) is 84.8 cm³/mol. The summed E-state index contributed by atoms with van der Waals surface area (Å²) in [7, 11) is 0. The normalized spacial score (nSPS) is 10.6. The first-order valence-corrected chi connectivity index (χ1v) is 7.48. The van der Waals surface area contributed by atoms with E-state index < -0.39 is 0 Å². The van der Waals surface area contributed by atoms with Crippen molar-refractivity contribution < 1.29 is 14.3 Å². The number of ether oxygens (including phenoxy) is 2. The molecule has 1 aromatic rings. The minimum Gasteiger partial charge on any atom is -0.398 e. The van der Waals surface area contributed by atoms with Crippen LogP contribution in [0.3, 0.4) is 0 Å². The summed E-state index contributed by atoms with van der Waals surface area (Å²) < 4.78 is 10.6. The number of benzene rings is 1. The molecule has 0 aliphatic heterocycles. The molecular weight excluding hydrogens is 292 g/mol. The van der Waals surface area contributed by atoms with E-state index in [4.69, 9.17) is 26.8 Å². The molecule has 0 aliphatic carbocycles. The van der Waals surface area contributed by atoms with Crippen LogP contribution in [0.2, 0.25) is 5.02 Å². The lowest BCUT2D eigenvalue weighted by Crippen LogP contribution is -2.37. The second-order valence-corrected chi connectivity index (χ2v) is 4.77. The summed E-state index contributed by atoms with van der Waals surface area (Å²) in [6.45, 7) is 7.01. The Balaban J connectivity index is 2.79. The molecule has 1 rings (SSSR count). The average Bonchev–Trinajstić information content (AvgIpc) is 2.48. The minimum absolute atomic E-state index is 0.160. The zero-order valence-corrected chi connectivity index (χ0v) is 13.4. The van der Waals surface area contributed by atoms with E-state index in [-0.39, 0.29) is 5.91 Å². The quantitative estimate of drug-likeness (QED) is 0.561. The van der Waals surface area contributed by atoms with Crippen LogP contribution in [0, 0.1) is 0 Å². The van der Waals surface area contributed by atoms with Crippen LogP contribution in [0.15, 0.2) is 18.2 Å². The number of nitrogen functional groups attached to an aromatic ring is 1. The van der Waals surface area contributed by atoms with Gasteiger partial charge in [0.05, 0.1) is 29.5 Å². The van der Waals surface area contributed by atoms with E-state index in [0.717, 1.165) is 0 Å². The lowest BCUT2D eigenvalue weighted by atomic mass is 10.1. The fourth-order valence-electron chi connectivity index (χ4n) is 1.84. The van der Waals surface area contributed by atoms with Crippen molar-refractivity contribution in [3.63, 3.8) is 0 Å². The molecule has 0 aliphatic rings. The number of hydrogen-bond donors (Lipinski definition) is 1. The minimum atomic E-state index is -0.160. The summed E-state index contributed by atoms with van der Waals surface area (Å²) in [4.78, 5) is 14.3. The smallest absolute Gasteiger partial charge is 0.255 e. The number of anilines is 1. The number of nitrogens with two attached hydrogens (primary N) is 1. The van der Waals surface area contributed by atoms with E-state index in [9.17, 15) is 4.79 Å². The molecule has 1 amide bonds. The van der Waals surface area contributed by atoms with E-state index in [1.807, 2.05) is 13.8 Å². The SMILES string of the molecule is CCOCCN(CCOCC)C(=O)c1cccc(N)c1Cl. The van der Waals surface area contributed by atoms with Gasteiger partial charge in [-0.3, -0.25) is 4.79 Å². The van der Waals surface area contributed by atoms with Crippen LogP contribution >= 0.6 is 11.6 Å². The highest BCUT2D eigenvalue weighted by Crippen LogP contribution is 2.24. The molecule has 0 aromatic heterocycles. The Morgan fingerprint density at radius 2 is 1.76 bits per heavy atom. The van der Waals surface area contributed by atoms with Gasteiger partial charge < -0.3 is 20.1 Å². The Morgan fingerprint density at radius 3 is 2.29 bits per heavy atom. The monoisotopic (exact) mass is 314 g/mol. The van der Waals surface area contributed by atoms with Crippen molar-refractivity contribution in [2.45, 2.75) is 13.8 Å². The maximum Gasteiger partial charge on any atom is 0.255 e. The summed E-state index contributed by atoms with van der Waals surface area (Å²) in [6.07, 6.45) is 0. The van der Waals surface area contributed by atoms with Gasteiger partial charge in [-0.1, -0.05) is 17.7 Å². The van der Waals surface area contributed by atoms with Crippen LogP contribution < -0.4 is 5.73 Å². The van der Waals surface area contributed by atoms with Crippen molar-refractivity contribution in [2.75, 3.05) is 45.3 Å². The van der Waals surface area contributed by atoms with E-state index >= 15 is 0 Å². The Hall–Kier alpha value is -1.30. The fourth-order valence-corrected chi connectivity index (χ4v) is 2.05. The predicted octanol–water partition coefficient (Wildman–Crippen LogP) is 2.44. The molecule has 118 valence electrons. The molecule has 6 heteroatoms. The Labute approximate surface area is 131 Å². The Kier molecular flexibility index (Phi) is 8.12. The largest absolute Gasteiger partial charge is 0.398 e. The van der Waals surface area contributed by atoms with Crippen molar-refractivity contribution in [1.82, 2.24) is 4.90 Å². The van der Waals surface area contributed by atoms with Gasteiger partial charge >= 0.3 is 0 Å². The molecule has 0 fully saturated rings. The summed E-state index contributed by atoms with van der Waals surface area (Å²) in [5.41, 5.74) is 6.56. The topological polar surface area (TPSA) is 64.8 Å². The van der Waals surface area contributed by atoms with Gasteiger partial charge in [0.25, 0.3) is 5.91 Å². The Morgan fingerprint density at radius 1 is 1.19 bits per heavy atom. The number of rotatable bonds is 9. The van der Waals surface area contributed by atoms with Gasteiger partial charge in [-0.2, -0.15) is 0 Å². The Bertz CT molecular complexity index is 445. The first-order chi connectivity index (χ1) is 10.1. The zero-order valence-electron chi connectivity index (χ0n) is 12.6. The molecule has 0 spiro atoms. The van der Waals surface area contributed by atoms with Crippen LogP contribution in [0.25, 0.3) is 0 Å². The third kappa shape index (κ3) is 5.53. The number of amides is 1. The molecule has 0 saturated heterocycles. The highest BCUT2D eigenvalue weighted by atomic mass is 35.5. The van der Waals surface area contributed by atoms with Gasteiger partial charge in [0.1, 0.15) is 0 Å². The zero-order chi connectivity index (χ0) is 15.7. The van der Waals surface area contributed by atoms with Crippen molar-refractivity contribution in [2.24, 2.45) is 0 Å². The van der Waals surface area contributed by atoms with Crippen LogP contribution in [0.4, 0.5) is 5.69 Å². The van der Waals surface area contributed by atoms with Crippen molar-refractivity contribution in [1.29, 1.82) is 0 Å². The van der Waals surface area contributed by atoms with Gasteiger partial charge in [0.15, 0.2) is 0 Å². The molecule has 0 radical (unpaired) electrons. The highest BCUT2D eigenvalue weighted by Gasteiger charge is 2.19. The lowest BCUT2D eigenvalue weighted by molar-refractivity contribution is 0.0550. The van der Waals surface area contributed by atoms with E-state index in [1.54, 1.807) is 23.1 Å². The molecule has 2 N–H and O–H groups in total. The molecule has 0 atom stereocenters. The van der Waals surface area contributed by atoms with E-state index in [0.29, 0.717) is 55.8 Å². The molecular formula is C15H23ClN2O3. The summed E-state index contributed by atoms with van der Waals surface area (Å²) in [5, 5.41) is 0.292. The van der Waals surface area contributed by atoms with Gasteiger partial charge in [-0.15, -0.1) is 0 Å². The van der Waals surface area contributed by atoms with Crippen LogP contribution in [0.1, 0.15) is 24.2 Å². The van der Waals surface area contributed by atoms with Crippen molar-refractivity contribution in [3.05, 3.63) is 28.8 Å². The van der Waals surface area contributed by atoms with Gasteiger partial charge in [-0.05, 0) is 26.0 Å². The number of carbonyl (C=O) groups excluding carboxylic acids is 1.